The minimum atomic E-state index is 0.236. The zero-order valence-corrected chi connectivity index (χ0v) is 12.5. The molecule has 106 valence electrons. The van der Waals surface area contributed by atoms with Crippen LogP contribution in [0.25, 0.3) is 0 Å². The SMILES string of the molecule is CCc1nsc(N2CCO[C@H](Cc3ccccc3)C2)n1. The molecular formula is C15H19N3OS. The van der Waals surface area contributed by atoms with Gasteiger partial charge in [-0.05, 0) is 5.56 Å². The van der Waals surface area contributed by atoms with Gasteiger partial charge < -0.3 is 9.64 Å². The molecule has 2 heterocycles. The molecule has 20 heavy (non-hydrogen) atoms. The Labute approximate surface area is 123 Å². The number of benzene rings is 1. The summed E-state index contributed by atoms with van der Waals surface area (Å²) >= 11 is 1.50. The van der Waals surface area contributed by atoms with Gasteiger partial charge in [0.05, 0.1) is 12.7 Å². The first-order valence-corrected chi connectivity index (χ1v) is 7.85. The maximum absolute atomic E-state index is 5.88. The van der Waals surface area contributed by atoms with E-state index in [9.17, 15) is 0 Å². The van der Waals surface area contributed by atoms with Crippen molar-refractivity contribution in [3.63, 3.8) is 0 Å². The molecule has 2 aromatic rings. The summed E-state index contributed by atoms with van der Waals surface area (Å²) in [6.07, 6.45) is 2.09. The average molecular weight is 289 g/mol. The van der Waals surface area contributed by atoms with Crippen molar-refractivity contribution in [3.8, 4) is 0 Å². The van der Waals surface area contributed by atoms with Crippen molar-refractivity contribution in [1.82, 2.24) is 9.36 Å². The summed E-state index contributed by atoms with van der Waals surface area (Å²) in [5.74, 6) is 0.941. The third-order valence-corrected chi connectivity index (χ3v) is 4.30. The van der Waals surface area contributed by atoms with Gasteiger partial charge in [0, 0.05) is 37.5 Å². The van der Waals surface area contributed by atoms with Gasteiger partial charge in [-0.1, -0.05) is 37.3 Å². The third-order valence-electron chi connectivity index (χ3n) is 3.49. The molecule has 0 unspecified atom stereocenters. The van der Waals surface area contributed by atoms with Crippen LogP contribution in [-0.4, -0.2) is 35.2 Å². The van der Waals surface area contributed by atoms with E-state index in [0.717, 1.165) is 43.5 Å². The molecule has 0 saturated carbocycles. The van der Waals surface area contributed by atoms with Gasteiger partial charge >= 0.3 is 0 Å². The highest BCUT2D eigenvalue weighted by atomic mass is 32.1. The second-order valence-corrected chi connectivity index (χ2v) is 5.71. The van der Waals surface area contributed by atoms with E-state index in [1.807, 2.05) is 6.07 Å². The molecule has 1 saturated heterocycles. The van der Waals surface area contributed by atoms with Crippen LogP contribution in [0.2, 0.25) is 0 Å². The van der Waals surface area contributed by atoms with Crippen LogP contribution < -0.4 is 4.90 Å². The minimum absolute atomic E-state index is 0.236. The Balaban J connectivity index is 1.64. The van der Waals surface area contributed by atoms with Gasteiger partial charge in [0.25, 0.3) is 0 Å². The Hall–Kier alpha value is -1.46. The number of aryl methyl sites for hydroxylation is 1. The number of nitrogens with zero attached hydrogens (tertiary/aromatic N) is 3. The van der Waals surface area contributed by atoms with Gasteiger partial charge in [0.2, 0.25) is 5.13 Å². The molecule has 1 aliphatic heterocycles. The second kappa shape index (κ2) is 6.33. The molecule has 3 rings (SSSR count). The van der Waals surface area contributed by atoms with Crippen LogP contribution in [0.5, 0.6) is 0 Å². The molecule has 1 aromatic heterocycles. The largest absolute Gasteiger partial charge is 0.374 e. The van der Waals surface area contributed by atoms with Crippen LogP contribution in [0, 0.1) is 0 Å². The molecule has 0 amide bonds. The van der Waals surface area contributed by atoms with Crippen LogP contribution in [0.3, 0.4) is 0 Å². The van der Waals surface area contributed by atoms with Crippen molar-refractivity contribution >= 4 is 16.7 Å². The number of hydrogen-bond donors (Lipinski definition) is 0. The van der Waals surface area contributed by atoms with Gasteiger partial charge in [0.1, 0.15) is 5.82 Å². The van der Waals surface area contributed by atoms with E-state index in [1.165, 1.54) is 17.1 Å². The molecule has 0 radical (unpaired) electrons. The van der Waals surface area contributed by atoms with Gasteiger partial charge in [-0.25, -0.2) is 4.98 Å². The normalized spacial score (nSPS) is 19.2. The summed E-state index contributed by atoms with van der Waals surface area (Å²) in [5, 5.41) is 1.03. The van der Waals surface area contributed by atoms with Crippen LogP contribution >= 0.6 is 11.5 Å². The van der Waals surface area contributed by atoms with E-state index in [4.69, 9.17) is 4.74 Å². The highest BCUT2D eigenvalue weighted by Gasteiger charge is 2.23. The fraction of sp³-hybridized carbons (Fsp3) is 0.467. The summed E-state index contributed by atoms with van der Waals surface area (Å²) in [4.78, 5) is 6.87. The van der Waals surface area contributed by atoms with Crippen LogP contribution in [0.4, 0.5) is 5.13 Å². The zero-order valence-electron chi connectivity index (χ0n) is 11.7. The minimum Gasteiger partial charge on any atom is -0.374 e. The number of aromatic nitrogens is 2. The van der Waals surface area contributed by atoms with Crippen molar-refractivity contribution in [2.75, 3.05) is 24.6 Å². The first-order chi connectivity index (χ1) is 9.85. The van der Waals surface area contributed by atoms with Crippen molar-refractivity contribution in [2.45, 2.75) is 25.9 Å². The van der Waals surface area contributed by atoms with Crippen LogP contribution in [0.1, 0.15) is 18.3 Å². The van der Waals surface area contributed by atoms with E-state index in [-0.39, 0.29) is 6.10 Å². The van der Waals surface area contributed by atoms with Gasteiger partial charge in [-0.2, -0.15) is 4.37 Å². The Bertz CT molecular complexity index is 543. The van der Waals surface area contributed by atoms with E-state index < -0.39 is 0 Å². The molecule has 1 aliphatic rings. The number of morpholine rings is 1. The lowest BCUT2D eigenvalue weighted by molar-refractivity contribution is 0.0410. The molecule has 0 spiro atoms. The lowest BCUT2D eigenvalue weighted by Crippen LogP contribution is -2.43. The predicted molar refractivity (Wildman–Crippen MR) is 81.4 cm³/mol. The number of ether oxygens (including phenoxy) is 1. The summed E-state index contributed by atoms with van der Waals surface area (Å²) in [6.45, 7) is 4.65. The zero-order chi connectivity index (χ0) is 13.8. The molecule has 0 aliphatic carbocycles. The van der Waals surface area contributed by atoms with Crippen molar-refractivity contribution in [1.29, 1.82) is 0 Å². The van der Waals surface area contributed by atoms with Crippen molar-refractivity contribution in [2.24, 2.45) is 0 Å². The standard InChI is InChI=1S/C15H19N3OS/c1-2-14-16-15(20-17-14)18-8-9-19-13(11-18)10-12-6-4-3-5-7-12/h3-7,13H,2,8-11H2,1H3/t13-/m1/s1. The Kier molecular flexibility index (Phi) is 4.28. The fourth-order valence-electron chi connectivity index (χ4n) is 2.41. The number of rotatable bonds is 4. The first kappa shape index (κ1) is 13.5. The van der Waals surface area contributed by atoms with E-state index in [2.05, 4.69) is 45.4 Å². The first-order valence-electron chi connectivity index (χ1n) is 7.08. The maximum atomic E-state index is 5.88. The quantitative estimate of drug-likeness (QED) is 0.867. The Morgan fingerprint density at radius 3 is 2.95 bits per heavy atom. The van der Waals surface area contributed by atoms with E-state index >= 15 is 0 Å². The molecule has 1 atom stereocenters. The highest BCUT2D eigenvalue weighted by molar-refractivity contribution is 7.09. The van der Waals surface area contributed by atoms with Gasteiger partial charge in [-0.3, -0.25) is 0 Å². The monoisotopic (exact) mass is 289 g/mol. The lowest BCUT2D eigenvalue weighted by atomic mass is 10.1. The summed E-state index contributed by atoms with van der Waals surface area (Å²) in [6, 6.07) is 10.5. The van der Waals surface area contributed by atoms with E-state index in [1.54, 1.807) is 0 Å². The third kappa shape index (κ3) is 3.16. The molecule has 0 bridgehead atoms. The van der Waals surface area contributed by atoms with Gasteiger partial charge in [0.15, 0.2) is 0 Å². The maximum Gasteiger partial charge on any atom is 0.205 e. The molecule has 1 aromatic carbocycles. The smallest absolute Gasteiger partial charge is 0.205 e. The predicted octanol–water partition coefficient (Wildman–Crippen LogP) is 2.55. The number of anilines is 1. The average Bonchev–Trinajstić information content (AvgIpc) is 2.98. The van der Waals surface area contributed by atoms with Crippen molar-refractivity contribution < 1.29 is 4.74 Å². The summed E-state index contributed by atoms with van der Waals surface area (Å²) < 4.78 is 10.2. The Morgan fingerprint density at radius 2 is 2.20 bits per heavy atom. The topological polar surface area (TPSA) is 38.2 Å². The number of hydrogen-bond acceptors (Lipinski definition) is 5. The van der Waals surface area contributed by atoms with E-state index in [0.29, 0.717) is 0 Å². The molecule has 4 nitrogen and oxygen atoms in total. The molecule has 5 heteroatoms. The molecule has 1 fully saturated rings. The van der Waals surface area contributed by atoms with Crippen LogP contribution in [0.15, 0.2) is 30.3 Å². The lowest BCUT2D eigenvalue weighted by Gasteiger charge is -2.32. The molecule has 0 N–H and O–H groups in total. The highest BCUT2D eigenvalue weighted by Crippen LogP contribution is 2.21. The van der Waals surface area contributed by atoms with Crippen molar-refractivity contribution in [3.05, 3.63) is 41.7 Å². The van der Waals surface area contributed by atoms with Crippen LogP contribution in [-0.2, 0) is 17.6 Å². The molecular weight excluding hydrogens is 270 g/mol. The fourth-order valence-corrected chi connectivity index (χ4v) is 3.19. The summed E-state index contributed by atoms with van der Waals surface area (Å²) in [7, 11) is 0. The van der Waals surface area contributed by atoms with Gasteiger partial charge in [-0.15, -0.1) is 0 Å². The second-order valence-electron chi connectivity index (χ2n) is 4.98. The summed E-state index contributed by atoms with van der Waals surface area (Å²) in [5.41, 5.74) is 1.32. The Morgan fingerprint density at radius 1 is 1.35 bits per heavy atom.